The van der Waals surface area contributed by atoms with E-state index in [4.69, 9.17) is 22.2 Å². The number of hydrogen-bond acceptors (Lipinski definition) is 0. The molecule has 0 nitrogen and oxygen atoms in total. The number of hydrogen-bond donors (Lipinski definition) is 0. The molecule has 396 valence electrons. The summed E-state index contributed by atoms with van der Waals surface area (Å²) in [5, 5.41) is -0.214. The summed E-state index contributed by atoms with van der Waals surface area (Å²) in [6.45, 7) is 41.4. The van der Waals surface area contributed by atoms with Gasteiger partial charge < -0.3 is 0 Å². The predicted octanol–water partition coefficient (Wildman–Crippen LogP) is 23.9. The smallest absolute Gasteiger partial charge is 0.145 e. The van der Waals surface area contributed by atoms with Crippen LogP contribution in [0.1, 0.15) is 229 Å². The molecule has 0 aromatic heterocycles. The molecule has 75 heavy (non-hydrogen) atoms. The van der Waals surface area contributed by atoms with Gasteiger partial charge in [-0.1, -0.05) is 223 Å². The maximum atomic E-state index is 7.66. The molecule has 0 heterocycles. The normalized spacial score (nSPS) is 12.6. The molecule has 0 bridgehead atoms. The fourth-order valence-electron chi connectivity index (χ4n) is 11.7. The predicted molar refractivity (Wildman–Crippen MR) is 337 cm³/mol. The number of rotatable bonds is 17. The minimum atomic E-state index is -2.81. The molecule has 0 saturated carbocycles. The van der Waals surface area contributed by atoms with Gasteiger partial charge in [0.25, 0.3) is 6.69 Å². The van der Waals surface area contributed by atoms with Gasteiger partial charge in [0, 0.05) is 0 Å². The van der Waals surface area contributed by atoms with Gasteiger partial charge in [0.2, 0.25) is 0 Å². The Hall–Kier alpha value is -4.66. The third-order valence-corrected chi connectivity index (χ3v) is 23.7. The van der Waals surface area contributed by atoms with Crippen LogP contribution >= 0.6 is 22.2 Å². The lowest BCUT2D eigenvalue weighted by atomic mass is 9.79. The summed E-state index contributed by atoms with van der Waals surface area (Å²) < 4.78 is 0. The van der Waals surface area contributed by atoms with Crippen LogP contribution in [0, 0.1) is 0 Å². The Balaban J connectivity index is 1.68. The van der Waals surface area contributed by atoms with Crippen LogP contribution in [-0.4, -0.2) is 6.69 Å². The Kier molecular flexibility index (Phi) is 18.2. The molecule has 7 aromatic carbocycles. The zero-order chi connectivity index (χ0) is 55.0. The number of benzene rings is 7. The Labute approximate surface area is 466 Å². The topological polar surface area (TPSA) is 0 Å². The average Bonchev–Trinajstić information content (AvgIpc) is 3.36. The summed E-state index contributed by atoms with van der Waals surface area (Å²) in [7, 11) is 0. The van der Waals surface area contributed by atoms with Crippen LogP contribution in [0.3, 0.4) is 0 Å². The highest BCUT2D eigenvalue weighted by Crippen LogP contribution is 2.50. The van der Waals surface area contributed by atoms with E-state index >= 15 is 0 Å². The first-order valence-corrected chi connectivity index (χ1v) is 32.8. The molecular formula is C72H90Cl2Si. The van der Waals surface area contributed by atoms with Crippen molar-refractivity contribution in [3.8, 4) is 66.8 Å². The minimum absolute atomic E-state index is 0.214. The maximum Gasteiger partial charge on any atom is 0.256 e. The molecule has 0 saturated heterocycles. The van der Waals surface area contributed by atoms with E-state index in [1.807, 2.05) is 0 Å². The third-order valence-electron chi connectivity index (χ3n) is 16.1. The van der Waals surface area contributed by atoms with Gasteiger partial charge in [0.15, 0.2) is 0 Å². The second-order valence-corrected chi connectivity index (χ2v) is 33.2. The quantitative estimate of drug-likeness (QED) is 0.0630. The molecule has 0 aliphatic rings. The fourth-order valence-corrected chi connectivity index (χ4v) is 13.6. The van der Waals surface area contributed by atoms with Crippen molar-refractivity contribution in [2.45, 2.75) is 196 Å². The van der Waals surface area contributed by atoms with E-state index in [1.165, 1.54) is 117 Å². The lowest BCUT2D eigenvalue weighted by Crippen LogP contribution is -2.32. The number of halogens is 2. The van der Waals surface area contributed by atoms with Crippen LogP contribution < -0.4 is 0 Å². The highest BCUT2D eigenvalue weighted by molar-refractivity contribution is 7.46. The van der Waals surface area contributed by atoms with Crippen molar-refractivity contribution in [3.63, 3.8) is 0 Å². The van der Waals surface area contributed by atoms with Crippen molar-refractivity contribution in [2.75, 3.05) is 0 Å². The Morgan fingerprint density at radius 2 is 0.520 bits per heavy atom. The first-order valence-electron chi connectivity index (χ1n) is 28.6. The van der Waals surface area contributed by atoms with E-state index in [1.54, 1.807) is 0 Å². The van der Waals surface area contributed by atoms with Gasteiger partial charge in [-0.15, -0.1) is 22.2 Å². The van der Waals surface area contributed by atoms with Crippen LogP contribution in [0.4, 0.5) is 0 Å². The van der Waals surface area contributed by atoms with E-state index in [0.717, 1.165) is 12.5 Å². The molecule has 0 aliphatic carbocycles. The fraction of sp³-hybridized carbons (Fsp3) is 0.417. The maximum absolute atomic E-state index is 7.66. The first-order chi connectivity index (χ1) is 35.2. The molecule has 0 spiro atoms. The second kappa shape index (κ2) is 23.5. The van der Waals surface area contributed by atoms with E-state index in [-0.39, 0.29) is 5.04 Å². The van der Waals surface area contributed by atoms with Gasteiger partial charge in [-0.3, -0.25) is 0 Å². The van der Waals surface area contributed by atoms with Crippen molar-refractivity contribution >= 4 is 28.9 Å². The molecule has 0 atom stereocenters. The monoisotopic (exact) mass is 1050 g/mol. The summed E-state index contributed by atoms with van der Waals surface area (Å²) in [4.78, 5) is 0. The van der Waals surface area contributed by atoms with Crippen molar-refractivity contribution in [3.05, 3.63) is 177 Å². The molecule has 7 aromatic rings. The van der Waals surface area contributed by atoms with Crippen molar-refractivity contribution in [2.24, 2.45) is 0 Å². The van der Waals surface area contributed by atoms with Crippen LogP contribution in [0.5, 0.6) is 0 Å². The van der Waals surface area contributed by atoms with Gasteiger partial charge in [-0.25, -0.2) is 0 Å². The minimum Gasteiger partial charge on any atom is -0.145 e. The van der Waals surface area contributed by atoms with Gasteiger partial charge in [-0.05, 0) is 218 Å². The zero-order valence-corrected chi connectivity index (χ0v) is 51.9. The largest absolute Gasteiger partial charge is 0.256 e. The highest BCUT2D eigenvalue weighted by Gasteiger charge is 2.42. The molecule has 7 rings (SSSR count). The SMILES string of the molecule is CC(C)c1cccc(C(C)C)c1-c1cc(-c2cccc(-c3cc(-c4c(C(C)C)cccc4C(C)C)cc(-c4c(C(C)C)cccc4C(C)C)c3)c2CC[Si](Cl)(Cl)C(C)(C)C)cc(-c2c(C(C)C)cccc2C(C)C)c1. The van der Waals surface area contributed by atoms with Crippen molar-refractivity contribution in [1.82, 2.24) is 0 Å². The molecular weight excluding hydrogens is 964 g/mol. The summed E-state index contributed by atoms with van der Waals surface area (Å²) >= 11 is 15.3. The molecule has 0 radical (unpaired) electrons. The van der Waals surface area contributed by atoms with Crippen molar-refractivity contribution in [1.29, 1.82) is 0 Å². The third kappa shape index (κ3) is 12.2. The van der Waals surface area contributed by atoms with Crippen molar-refractivity contribution < 1.29 is 0 Å². The summed E-state index contributed by atoms with van der Waals surface area (Å²) in [5.41, 5.74) is 27.9. The Bertz CT molecular complexity index is 2670. The van der Waals surface area contributed by atoms with Crippen LogP contribution in [-0.2, 0) is 6.42 Å². The summed E-state index contributed by atoms with van der Waals surface area (Å²) in [5.74, 6) is 2.76. The standard InChI is InChI=1S/C72H90Cl2Si/c1-43(2)57-25-20-26-58(44(3)4)68(57)53-37-51(38-54(41-53)69-59(45(5)6)27-21-28-60(69)46(7)8)65-33-24-34-66(67(65)35-36-75(73,74)72(17,18)19)52-39-55(70-61(47(9)10)29-22-30-62(70)48(11)12)42-56(40-52)71-63(49(13)14)31-23-32-64(71)50(15)16/h20-34,37-50H,35-36H2,1-19H3. The van der Waals surface area contributed by atoms with Crippen LogP contribution in [0.15, 0.2) is 127 Å². The lowest BCUT2D eigenvalue weighted by Gasteiger charge is -2.32. The average molecular weight is 1050 g/mol. The second-order valence-electron chi connectivity index (χ2n) is 25.4. The lowest BCUT2D eigenvalue weighted by molar-refractivity contribution is 0.735. The van der Waals surface area contributed by atoms with E-state index in [9.17, 15) is 0 Å². The summed E-state index contributed by atoms with van der Waals surface area (Å²) in [6.07, 6.45) is 0.750. The Morgan fingerprint density at radius 1 is 0.320 bits per heavy atom. The molecule has 0 unspecified atom stereocenters. The van der Waals surface area contributed by atoms with E-state index in [0.29, 0.717) is 47.3 Å². The van der Waals surface area contributed by atoms with Gasteiger partial charge >= 0.3 is 0 Å². The molecule has 0 amide bonds. The van der Waals surface area contributed by atoms with Gasteiger partial charge in [-0.2, -0.15) is 0 Å². The van der Waals surface area contributed by atoms with Gasteiger partial charge in [0.05, 0.1) is 0 Å². The highest BCUT2D eigenvalue weighted by atomic mass is 35.7. The summed E-state index contributed by atoms with van der Waals surface area (Å²) in [6, 6.07) is 50.9. The first kappa shape index (κ1) is 58.0. The molecule has 0 aliphatic heterocycles. The van der Waals surface area contributed by atoms with E-state index in [2.05, 4.69) is 259 Å². The molecule has 0 fully saturated rings. The van der Waals surface area contributed by atoms with Crippen LogP contribution in [0.2, 0.25) is 11.1 Å². The van der Waals surface area contributed by atoms with E-state index < -0.39 is 6.69 Å². The molecule has 0 N–H and O–H groups in total. The molecule has 3 heteroatoms. The zero-order valence-electron chi connectivity index (χ0n) is 49.4. The van der Waals surface area contributed by atoms with Gasteiger partial charge in [0.1, 0.15) is 0 Å². The van der Waals surface area contributed by atoms with Crippen LogP contribution in [0.25, 0.3) is 66.8 Å². The Morgan fingerprint density at radius 3 is 0.720 bits per heavy atom.